The van der Waals surface area contributed by atoms with Gasteiger partial charge in [0.2, 0.25) is 0 Å². The molecule has 1 aliphatic heterocycles. The number of nitrogens with zero attached hydrogens (tertiary/aromatic N) is 1. The first kappa shape index (κ1) is 20.8. The maximum absolute atomic E-state index is 13.3. The second kappa shape index (κ2) is 7.63. The van der Waals surface area contributed by atoms with Gasteiger partial charge in [0.1, 0.15) is 4.90 Å². The standard InChI is InChI=1S/C22H23ClN2O4S/c1-13-11-18-15(3)19(22(26)25-9-4-5-10-25)29-20(18)21(14(13)2)30(27,28)24-17-8-6-7-16(23)12-17/h6-8,11-12,24H,4-5,9-10H2,1-3H3. The Bertz CT molecular complexity index is 1260. The van der Waals surface area contributed by atoms with Crippen LogP contribution in [0.15, 0.2) is 39.6 Å². The number of anilines is 1. The van der Waals surface area contributed by atoms with E-state index in [2.05, 4.69) is 4.72 Å². The quantitative estimate of drug-likeness (QED) is 0.608. The van der Waals surface area contributed by atoms with E-state index in [1.54, 1.807) is 36.9 Å². The molecule has 8 heteroatoms. The number of hydrogen-bond donors (Lipinski definition) is 1. The van der Waals surface area contributed by atoms with E-state index in [0.717, 1.165) is 18.4 Å². The summed E-state index contributed by atoms with van der Waals surface area (Å²) in [5.41, 5.74) is 2.59. The van der Waals surface area contributed by atoms with Crippen molar-refractivity contribution in [3.8, 4) is 0 Å². The number of carbonyl (C=O) groups is 1. The van der Waals surface area contributed by atoms with E-state index >= 15 is 0 Å². The number of nitrogens with one attached hydrogen (secondary N) is 1. The largest absolute Gasteiger partial charge is 0.449 e. The monoisotopic (exact) mass is 446 g/mol. The molecule has 1 saturated heterocycles. The second-order valence-electron chi connectivity index (χ2n) is 7.70. The van der Waals surface area contributed by atoms with Crippen LogP contribution < -0.4 is 4.72 Å². The molecule has 158 valence electrons. The first-order chi connectivity index (χ1) is 14.2. The summed E-state index contributed by atoms with van der Waals surface area (Å²) in [6, 6.07) is 8.38. The zero-order valence-electron chi connectivity index (χ0n) is 17.1. The Kier molecular flexibility index (Phi) is 5.28. The van der Waals surface area contributed by atoms with E-state index in [-0.39, 0.29) is 22.1 Å². The number of furan rings is 1. The van der Waals surface area contributed by atoms with Gasteiger partial charge in [0.25, 0.3) is 15.9 Å². The maximum atomic E-state index is 13.3. The first-order valence-corrected chi connectivity index (χ1v) is 11.7. The third-order valence-corrected chi connectivity index (χ3v) is 7.39. The summed E-state index contributed by atoms with van der Waals surface area (Å²) in [5, 5.41) is 1.06. The summed E-state index contributed by atoms with van der Waals surface area (Å²) >= 11 is 6.00. The Labute approximate surface area is 180 Å². The number of rotatable bonds is 4. The Morgan fingerprint density at radius 3 is 2.47 bits per heavy atom. The van der Waals surface area contributed by atoms with Gasteiger partial charge in [-0.2, -0.15) is 0 Å². The fourth-order valence-corrected chi connectivity index (χ4v) is 5.58. The minimum absolute atomic E-state index is 0.0426. The number of benzene rings is 2. The molecule has 0 unspecified atom stereocenters. The molecule has 6 nitrogen and oxygen atoms in total. The van der Waals surface area contributed by atoms with E-state index in [4.69, 9.17) is 16.0 Å². The molecule has 2 aromatic carbocycles. The summed E-state index contributed by atoms with van der Waals surface area (Å²) in [6.45, 7) is 6.76. The van der Waals surface area contributed by atoms with Crippen molar-refractivity contribution in [2.45, 2.75) is 38.5 Å². The molecule has 0 saturated carbocycles. The summed E-state index contributed by atoms with van der Waals surface area (Å²) < 4.78 is 35.2. The van der Waals surface area contributed by atoms with Gasteiger partial charge in [0, 0.05) is 29.1 Å². The highest BCUT2D eigenvalue weighted by atomic mass is 35.5. The minimum Gasteiger partial charge on any atom is -0.449 e. The topological polar surface area (TPSA) is 79.6 Å². The van der Waals surface area contributed by atoms with Crippen molar-refractivity contribution in [3.05, 3.63) is 57.8 Å². The van der Waals surface area contributed by atoms with Crippen LogP contribution in [0.2, 0.25) is 5.02 Å². The van der Waals surface area contributed by atoms with Crippen molar-refractivity contribution >= 4 is 44.2 Å². The molecule has 1 fully saturated rings. The molecule has 1 aromatic heterocycles. The first-order valence-electron chi connectivity index (χ1n) is 9.80. The number of hydrogen-bond acceptors (Lipinski definition) is 4. The lowest BCUT2D eigenvalue weighted by Gasteiger charge is -2.13. The molecule has 0 bridgehead atoms. The fraction of sp³-hybridized carbons (Fsp3) is 0.318. The van der Waals surface area contributed by atoms with E-state index in [9.17, 15) is 13.2 Å². The average molecular weight is 447 g/mol. The van der Waals surface area contributed by atoms with Crippen molar-refractivity contribution < 1.29 is 17.6 Å². The predicted octanol–water partition coefficient (Wildman–Crippen LogP) is 5.05. The van der Waals surface area contributed by atoms with Gasteiger partial charge >= 0.3 is 0 Å². The van der Waals surface area contributed by atoms with Gasteiger partial charge < -0.3 is 9.32 Å². The van der Waals surface area contributed by atoms with Crippen LogP contribution in [0.4, 0.5) is 5.69 Å². The van der Waals surface area contributed by atoms with Crippen molar-refractivity contribution in [1.29, 1.82) is 0 Å². The molecule has 1 N–H and O–H groups in total. The van der Waals surface area contributed by atoms with E-state index in [1.807, 2.05) is 13.0 Å². The van der Waals surface area contributed by atoms with Crippen LogP contribution in [0.1, 0.15) is 40.1 Å². The fourth-order valence-electron chi connectivity index (χ4n) is 3.89. The van der Waals surface area contributed by atoms with Crippen LogP contribution in [0.25, 0.3) is 11.0 Å². The van der Waals surface area contributed by atoms with Crippen molar-refractivity contribution in [1.82, 2.24) is 4.90 Å². The third kappa shape index (κ3) is 3.56. The average Bonchev–Trinajstić information content (AvgIpc) is 3.31. The molecule has 0 atom stereocenters. The SMILES string of the molecule is Cc1cc2c(C)c(C(=O)N3CCCC3)oc2c(S(=O)(=O)Nc2cccc(Cl)c2)c1C. The van der Waals surface area contributed by atoms with Crippen LogP contribution in [-0.4, -0.2) is 32.3 Å². The van der Waals surface area contributed by atoms with Gasteiger partial charge in [-0.15, -0.1) is 0 Å². The highest BCUT2D eigenvalue weighted by molar-refractivity contribution is 7.93. The number of aryl methyl sites for hydroxylation is 2. The number of likely N-dealkylation sites (tertiary alicyclic amines) is 1. The number of sulfonamides is 1. The minimum atomic E-state index is -3.99. The molecule has 0 spiro atoms. The molecule has 0 aliphatic carbocycles. The van der Waals surface area contributed by atoms with E-state index < -0.39 is 10.0 Å². The number of fused-ring (bicyclic) bond motifs is 1. The highest BCUT2D eigenvalue weighted by Crippen LogP contribution is 2.36. The maximum Gasteiger partial charge on any atom is 0.289 e. The van der Waals surface area contributed by atoms with Crippen molar-refractivity contribution in [3.63, 3.8) is 0 Å². The summed E-state index contributed by atoms with van der Waals surface area (Å²) in [6.07, 6.45) is 1.93. The zero-order chi connectivity index (χ0) is 21.6. The summed E-state index contributed by atoms with van der Waals surface area (Å²) in [5.74, 6) is 0.0127. The van der Waals surface area contributed by atoms with E-state index in [1.165, 1.54) is 6.07 Å². The smallest absolute Gasteiger partial charge is 0.289 e. The Morgan fingerprint density at radius 1 is 1.10 bits per heavy atom. The Hall–Kier alpha value is -2.51. The van der Waals surface area contributed by atoms with Gasteiger partial charge in [-0.1, -0.05) is 17.7 Å². The number of amides is 1. The number of carbonyl (C=O) groups excluding carboxylic acids is 1. The molecule has 1 amide bonds. The lowest BCUT2D eigenvalue weighted by molar-refractivity contribution is 0.0762. The lowest BCUT2D eigenvalue weighted by atomic mass is 10.0. The molecular weight excluding hydrogens is 424 g/mol. The lowest BCUT2D eigenvalue weighted by Crippen LogP contribution is -2.27. The normalized spacial score (nSPS) is 14.5. The van der Waals surface area contributed by atoms with Crippen molar-refractivity contribution in [2.75, 3.05) is 17.8 Å². The van der Waals surface area contributed by atoms with Crippen LogP contribution >= 0.6 is 11.6 Å². The molecule has 3 aromatic rings. The zero-order valence-corrected chi connectivity index (χ0v) is 18.7. The molecule has 4 rings (SSSR count). The predicted molar refractivity (Wildman–Crippen MR) is 118 cm³/mol. The van der Waals surface area contributed by atoms with Crippen LogP contribution in [0, 0.1) is 20.8 Å². The highest BCUT2D eigenvalue weighted by Gasteiger charge is 2.30. The van der Waals surface area contributed by atoms with Crippen LogP contribution in [0.3, 0.4) is 0 Å². The van der Waals surface area contributed by atoms with Crippen molar-refractivity contribution in [2.24, 2.45) is 0 Å². The van der Waals surface area contributed by atoms with E-state index in [0.29, 0.717) is 40.3 Å². The summed E-state index contributed by atoms with van der Waals surface area (Å²) in [7, 11) is -3.99. The van der Waals surface area contributed by atoms with Crippen LogP contribution in [0.5, 0.6) is 0 Å². The molecule has 2 heterocycles. The molecule has 0 radical (unpaired) electrons. The molecule has 30 heavy (non-hydrogen) atoms. The van der Waals surface area contributed by atoms with Gasteiger partial charge in [0.15, 0.2) is 11.3 Å². The summed E-state index contributed by atoms with van der Waals surface area (Å²) in [4.78, 5) is 14.7. The molecular formula is C22H23ClN2O4S. The number of halogens is 1. The second-order valence-corrected chi connectivity index (χ2v) is 9.75. The Morgan fingerprint density at radius 2 is 1.80 bits per heavy atom. The third-order valence-electron chi connectivity index (χ3n) is 5.63. The van der Waals surface area contributed by atoms with Gasteiger partial charge in [-0.3, -0.25) is 9.52 Å². The van der Waals surface area contributed by atoms with Gasteiger partial charge in [-0.25, -0.2) is 8.42 Å². The van der Waals surface area contributed by atoms with Gasteiger partial charge in [-0.05, 0) is 69.0 Å². The molecule has 1 aliphatic rings. The Balaban J connectivity index is 1.87. The van der Waals surface area contributed by atoms with Crippen LogP contribution in [-0.2, 0) is 10.0 Å². The van der Waals surface area contributed by atoms with Gasteiger partial charge in [0.05, 0.1) is 5.69 Å².